The minimum Gasteiger partial charge on any atom is -0.337 e. The Hall–Kier alpha value is -3.53. The second-order valence-corrected chi connectivity index (χ2v) is 6.43. The van der Waals surface area contributed by atoms with Crippen LogP contribution in [0.25, 0.3) is 22.3 Å². The van der Waals surface area contributed by atoms with Gasteiger partial charge >= 0.3 is 0 Å². The number of nitrogens with zero attached hydrogens (tertiary/aromatic N) is 3. The Bertz CT molecular complexity index is 1080. The summed E-state index contributed by atoms with van der Waals surface area (Å²) >= 11 is 0. The van der Waals surface area contributed by atoms with E-state index in [1.165, 1.54) is 0 Å². The highest BCUT2D eigenvalue weighted by molar-refractivity contribution is 6.07. The van der Waals surface area contributed by atoms with Gasteiger partial charge in [-0.3, -0.25) is 9.78 Å². The van der Waals surface area contributed by atoms with E-state index in [4.69, 9.17) is 4.98 Å². The van der Waals surface area contributed by atoms with Gasteiger partial charge in [-0.2, -0.15) is 0 Å². The van der Waals surface area contributed by atoms with Crippen LogP contribution in [0.4, 0.5) is 0 Å². The number of carbonyl (C=O) groups excluding carboxylic acids is 1. The van der Waals surface area contributed by atoms with Gasteiger partial charge in [-0.05, 0) is 29.8 Å². The Labute approximate surface area is 158 Å². The first-order valence-corrected chi connectivity index (χ1v) is 8.83. The Morgan fingerprint density at radius 2 is 1.63 bits per heavy atom. The molecule has 0 fully saturated rings. The van der Waals surface area contributed by atoms with Crippen LogP contribution in [0.1, 0.15) is 15.9 Å². The fourth-order valence-electron chi connectivity index (χ4n) is 3.13. The summed E-state index contributed by atoms with van der Waals surface area (Å²) in [6, 6.07) is 25.2. The molecule has 0 N–H and O–H groups in total. The Balaban J connectivity index is 1.76. The van der Waals surface area contributed by atoms with E-state index in [2.05, 4.69) is 4.98 Å². The summed E-state index contributed by atoms with van der Waals surface area (Å²) < 4.78 is 0. The molecule has 4 nitrogen and oxygen atoms in total. The van der Waals surface area contributed by atoms with Gasteiger partial charge in [-0.25, -0.2) is 4.98 Å². The predicted molar refractivity (Wildman–Crippen MR) is 107 cm³/mol. The molecular formula is C23H19N3O. The van der Waals surface area contributed by atoms with Gasteiger partial charge in [0.25, 0.3) is 5.91 Å². The molecule has 0 saturated heterocycles. The largest absolute Gasteiger partial charge is 0.337 e. The first-order chi connectivity index (χ1) is 13.2. The second kappa shape index (κ2) is 7.38. The molecule has 0 aliphatic heterocycles. The first kappa shape index (κ1) is 16.9. The molecule has 4 heteroatoms. The van der Waals surface area contributed by atoms with Gasteiger partial charge < -0.3 is 4.90 Å². The smallest absolute Gasteiger partial charge is 0.254 e. The maximum atomic E-state index is 13.2. The SMILES string of the molecule is CN(Cc1ccccc1)C(=O)c1cc(-c2ccccn2)nc2ccccc12. The van der Waals surface area contributed by atoms with Gasteiger partial charge in [-0.15, -0.1) is 0 Å². The fraction of sp³-hybridized carbons (Fsp3) is 0.0870. The normalized spacial score (nSPS) is 10.7. The fourth-order valence-corrected chi connectivity index (χ4v) is 3.13. The molecule has 0 spiro atoms. The van der Waals surface area contributed by atoms with Crippen LogP contribution in [0.5, 0.6) is 0 Å². The summed E-state index contributed by atoms with van der Waals surface area (Å²) in [5.41, 5.74) is 3.97. The summed E-state index contributed by atoms with van der Waals surface area (Å²) in [6.07, 6.45) is 1.73. The third-order valence-corrected chi connectivity index (χ3v) is 4.48. The summed E-state index contributed by atoms with van der Waals surface area (Å²) in [4.78, 5) is 24.0. The highest BCUT2D eigenvalue weighted by atomic mass is 16.2. The van der Waals surface area contributed by atoms with Crippen molar-refractivity contribution in [3.05, 3.63) is 96.2 Å². The summed E-state index contributed by atoms with van der Waals surface area (Å²) in [7, 11) is 1.82. The van der Waals surface area contributed by atoms with Crippen LogP contribution in [0.2, 0.25) is 0 Å². The highest BCUT2D eigenvalue weighted by Crippen LogP contribution is 2.25. The van der Waals surface area contributed by atoms with Crippen LogP contribution in [-0.2, 0) is 6.54 Å². The van der Waals surface area contributed by atoms with Crippen LogP contribution in [-0.4, -0.2) is 27.8 Å². The van der Waals surface area contributed by atoms with Crippen LogP contribution >= 0.6 is 0 Å². The molecule has 1 amide bonds. The summed E-state index contributed by atoms with van der Waals surface area (Å²) in [5, 5.41) is 0.849. The van der Waals surface area contributed by atoms with Gasteiger partial charge in [0.05, 0.1) is 22.5 Å². The van der Waals surface area contributed by atoms with Crippen LogP contribution in [0.15, 0.2) is 85.1 Å². The van der Waals surface area contributed by atoms with E-state index in [1.54, 1.807) is 11.1 Å². The molecule has 2 heterocycles. The van der Waals surface area contributed by atoms with Crippen molar-refractivity contribution in [2.45, 2.75) is 6.54 Å². The zero-order valence-electron chi connectivity index (χ0n) is 15.0. The van der Waals surface area contributed by atoms with Gasteiger partial charge in [0.15, 0.2) is 0 Å². The van der Waals surface area contributed by atoms with E-state index in [0.717, 1.165) is 22.2 Å². The van der Waals surface area contributed by atoms with Crippen LogP contribution in [0, 0.1) is 0 Å². The molecule has 0 radical (unpaired) electrons. The van der Waals surface area contributed by atoms with Crippen molar-refractivity contribution < 1.29 is 4.79 Å². The van der Waals surface area contributed by atoms with E-state index in [9.17, 15) is 4.79 Å². The molecule has 132 valence electrons. The predicted octanol–water partition coefficient (Wildman–Crippen LogP) is 4.57. The molecule has 4 aromatic rings. The first-order valence-electron chi connectivity index (χ1n) is 8.83. The third kappa shape index (κ3) is 3.55. The van der Waals surface area contributed by atoms with Crippen molar-refractivity contribution in [2.75, 3.05) is 7.05 Å². The lowest BCUT2D eigenvalue weighted by Crippen LogP contribution is -2.26. The molecule has 0 aliphatic carbocycles. The molecule has 0 unspecified atom stereocenters. The molecule has 2 aromatic heterocycles. The number of fused-ring (bicyclic) bond motifs is 1. The molecule has 0 saturated carbocycles. The van der Waals surface area contributed by atoms with Crippen molar-refractivity contribution in [1.82, 2.24) is 14.9 Å². The Morgan fingerprint density at radius 1 is 0.889 bits per heavy atom. The Morgan fingerprint density at radius 3 is 2.41 bits per heavy atom. The minimum absolute atomic E-state index is 0.0327. The third-order valence-electron chi connectivity index (χ3n) is 4.48. The summed E-state index contributed by atoms with van der Waals surface area (Å²) in [6.45, 7) is 0.551. The minimum atomic E-state index is -0.0327. The monoisotopic (exact) mass is 353 g/mol. The zero-order chi connectivity index (χ0) is 18.6. The zero-order valence-corrected chi connectivity index (χ0v) is 15.0. The maximum Gasteiger partial charge on any atom is 0.254 e. The standard InChI is InChI=1S/C23H19N3O/c1-26(16-17-9-3-2-4-10-17)23(27)19-15-22(21-13-7-8-14-24-21)25-20-12-6-5-11-18(19)20/h2-15H,16H2,1H3. The van der Waals surface area contributed by atoms with E-state index in [0.29, 0.717) is 17.8 Å². The number of carbonyl (C=O) groups is 1. The van der Waals surface area contributed by atoms with Crippen molar-refractivity contribution in [2.24, 2.45) is 0 Å². The quantitative estimate of drug-likeness (QED) is 0.540. The van der Waals surface area contributed by atoms with Gasteiger partial charge in [-0.1, -0.05) is 54.6 Å². The number of hydrogen-bond donors (Lipinski definition) is 0. The molecule has 27 heavy (non-hydrogen) atoms. The van der Waals surface area contributed by atoms with Crippen LogP contribution in [0.3, 0.4) is 0 Å². The molecular weight excluding hydrogens is 334 g/mol. The molecule has 2 aromatic carbocycles. The van der Waals surface area contributed by atoms with E-state index < -0.39 is 0 Å². The lowest BCUT2D eigenvalue weighted by Gasteiger charge is -2.19. The Kier molecular flexibility index (Phi) is 4.62. The molecule has 4 rings (SSSR count). The molecule has 0 atom stereocenters. The number of benzene rings is 2. The average molecular weight is 353 g/mol. The topological polar surface area (TPSA) is 46.1 Å². The van der Waals surface area contributed by atoms with E-state index in [-0.39, 0.29) is 5.91 Å². The average Bonchev–Trinajstić information content (AvgIpc) is 2.73. The van der Waals surface area contributed by atoms with Crippen molar-refractivity contribution in [3.63, 3.8) is 0 Å². The van der Waals surface area contributed by atoms with Crippen LogP contribution < -0.4 is 0 Å². The molecule has 0 bridgehead atoms. The van der Waals surface area contributed by atoms with E-state index in [1.807, 2.05) is 85.9 Å². The lowest BCUT2D eigenvalue weighted by atomic mass is 10.0. The summed E-state index contributed by atoms with van der Waals surface area (Å²) in [5.74, 6) is -0.0327. The maximum absolute atomic E-state index is 13.2. The highest BCUT2D eigenvalue weighted by Gasteiger charge is 2.18. The van der Waals surface area contributed by atoms with Gasteiger partial charge in [0.1, 0.15) is 0 Å². The molecule has 0 aliphatic rings. The number of hydrogen-bond acceptors (Lipinski definition) is 3. The lowest BCUT2D eigenvalue weighted by molar-refractivity contribution is 0.0787. The van der Waals surface area contributed by atoms with Crippen molar-refractivity contribution in [3.8, 4) is 11.4 Å². The van der Waals surface area contributed by atoms with Gasteiger partial charge in [0.2, 0.25) is 0 Å². The van der Waals surface area contributed by atoms with E-state index >= 15 is 0 Å². The number of pyridine rings is 2. The number of amides is 1. The van der Waals surface area contributed by atoms with Crippen molar-refractivity contribution >= 4 is 16.8 Å². The second-order valence-electron chi connectivity index (χ2n) is 6.43. The van der Waals surface area contributed by atoms with Crippen molar-refractivity contribution in [1.29, 1.82) is 0 Å². The number of para-hydroxylation sites is 1. The van der Waals surface area contributed by atoms with Gasteiger partial charge in [0, 0.05) is 25.2 Å². The number of rotatable bonds is 4. The number of aromatic nitrogens is 2.